The van der Waals surface area contributed by atoms with E-state index in [0.29, 0.717) is 24.5 Å². The highest BCUT2D eigenvalue weighted by molar-refractivity contribution is 7.89. The van der Waals surface area contributed by atoms with Gasteiger partial charge >= 0.3 is 6.03 Å². The summed E-state index contributed by atoms with van der Waals surface area (Å²) in [6.07, 6.45) is 1.43. The maximum atomic E-state index is 14.2. The second-order valence-corrected chi connectivity index (χ2v) is 14.2. The van der Waals surface area contributed by atoms with Crippen molar-refractivity contribution in [3.8, 4) is 5.75 Å². The molecule has 252 valence electrons. The SMILES string of the molecule is Cc1noc(C)c1S(=O)(=O)N(C)C[C@H]1OCCCC[C@@H](C)Oc2ccc(NC(=O)NC(C)C)cc2C(=O)N([C@@H](C)CO)C[C@H]1C. The molecular formula is C31H49N5O8S. The molecule has 0 fully saturated rings. The van der Waals surface area contributed by atoms with Crippen LogP contribution in [0.15, 0.2) is 27.6 Å². The van der Waals surface area contributed by atoms with Gasteiger partial charge in [0.15, 0.2) is 5.76 Å². The largest absolute Gasteiger partial charge is 0.490 e. The lowest BCUT2D eigenvalue weighted by molar-refractivity contribution is -0.00835. The average molecular weight is 652 g/mol. The van der Waals surface area contributed by atoms with Gasteiger partial charge in [0.05, 0.1) is 30.4 Å². The highest BCUT2D eigenvalue weighted by atomic mass is 32.2. The number of nitrogens with zero attached hydrogens (tertiary/aromatic N) is 3. The average Bonchev–Trinajstić information content (AvgIpc) is 3.31. The van der Waals surface area contributed by atoms with Gasteiger partial charge in [-0.25, -0.2) is 13.2 Å². The molecule has 2 heterocycles. The summed E-state index contributed by atoms with van der Waals surface area (Å²) in [6.45, 7) is 12.7. The number of hydrogen-bond donors (Lipinski definition) is 3. The first-order chi connectivity index (χ1) is 21.1. The predicted molar refractivity (Wildman–Crippen MR) is 170 cm³/mol. The number of anilines is 1. The quantitative estimate of drug-likeness (QED) is 0.384. The Balaban J connectivity index is 1.97. The molecule has 45 heavy (non-hydrogen) atoms. The molecular weight excluding hydrogens is 602 g/mol. The number of rotatable bonds is 8. The van der Waals surface area contributed by atoms with E-state index in [1.165, 1.54) is 11.4 Å². The topological polar surface area (TPSA) is 164 Å². The minimum atomic E-state index is -3.94. The Bertz CT molecular complexity index is 1390. The van der Waals surface area contributed by atoms with Crippen LogP contribution in [0.2, 0.25) is 0 Å². The molecule has 14 heteroatoms. The number of benzene rings is 1. The highest BCUT2D eigenvalue weighted by Gasteiger charge is 2.34. The molecule has 0 bridgehead atoms. The first-order valence-corrected chi connectivity index (χ1v) is 16.9. The molecule has 0 spiro atoms. The van der Waals surface area contributed by atoms with Gasteiger partial charge in [-0.3, -0.25) is 4.79 Å². The Kier molecular flexibility index (Phi) is 12.8. The van der Waals surface area contributed by atoms with Crippen molar-refractivity contribution in [3.63, 3.8) is 0 Å². The van der Waals surface area contributed by atoms with E-state index in [9.17, 15) is 23.1 Å². The van der Waals surface area contributed by atoms with Crippen LogP contribution in [-0.2, 0) is 14.8 Å². The maximum Gasteiger partial charge on any atom is 0.319 e. The van der Waals surface area contributed by atoms with Gasteiger partial charge in [-0.1, -0.05) is 12.1 Å². The number of carbonyl (C=O) groups is 2. The van der Waals surface area contributed by atoms with E-state index in [0.717, 1.165) is 12.8 Å². The van der Waals surface area contributed by atoms with Crippen LogP contribution in [0.5, 0.6) is 5.75 Å². The number of hydrogen-bond acceptors (Lipinski definition) is 9. The zero-order valence-corrected chi connectivity index (χ0v) is 28.4. The zero-order valence-electron chi connectivity index (χ0n) is 27.6. The highest BCUT2D eigenvalue weighted by Crippen LogP contribution is 2.29. The van der Waals surface area contributed by atoms with Crippen LogP contribution < -0.4 is 15.4 Å². The number of carbonyl (C=O) groups excluding carboxylic acids is 2. The summed E-state index contributed by atoms with van der Waals surface area (Å²) in [5, 5.41) is 19.5. The summed E-state index contributed by atoms with van der Waals surface area (Å²) in [4.78, 5) is 28.2. The van der Waals surface area contributed by atoms with Crippen LogP contribution in [0.1, 0.15) is 75.7 Å². The number of aromatic nitrogens is 1. The number of amides is 3. The first kappa shape index (κ1) is 36.3. The van der Waals surface area contributed by atoms with Gasteiger partial charge in [-0.2, -0.15) is 4.31 Å². The Hall–Kier alpha value is -3.20. The number of fused-ring (bicyclic) bond motifs is 1. The molecule has 0 unspecified atom stereocenters. The molecule has 2 aromatic rings. The summed E-state index contributed by atoms with van der Waals surface area (Å²) in [5.74, 6) is -0.153. The van der Waals surface area contributed by atoms with Crippen molar-refractivity contribution in [1.29, 1.82) is 0 Å². The molecule has 0 aliphatic carbocycles. The number of nitrogens with one attached hydrogen (secondary N) is 2. The second kappa shape index (κ2) is 15.9. The Morgan fingerprint density at radius 1 is 1.20 bits per heavy atom. The van der Waals surface area contributed by atoms with Crippen molar-refractivity contribution < 1.29 is 37.1 Å². The molecule has 1 aromatic carbocycles. The third kappa shape index (κ3) is 9.41. The molecule has 0 saturated heterocycles. The number of aryl methyl sites for hydroxylation is 2. The van der Waals surface area contributed by atoms with Gasteiger partial charge in [-0.15, -0.1) is 0 Å². The van der Waals surface area contributed by atoms with E-state index in [1.54, 1.807) is 43.9 Å². The number of urea groups is 1. The van der Waals surface area contributed by atoms with E-state index in [-0.39, 0.29) is 59.7 Å². The zero-order chi connectivity index (χ0) is 33.5. The second-order valence-electron chi connectivity index (χ2n) is 12.2. The van der Waals surface area contributed by atoms with Crippen molar-refractivity contribution in [3.05, 3.63) is 35.2 Å². The van der Waals surface area contributed by atoms with Gasteiger partial charge in [0.2, 0.25) is 10.0 Å². The molecule has 3 N–H and O–H groups in total. The van der Waals surface area contributed by atoms with E-state index >= 15 is 0 Å². The van der Waals surface area contributed by atoms with Gasteiger partial charge < -0.3 is 34.6 Å². The van der Waals surface area contributed by atoms with Crippen molar-refractivity contribution in [2.24, 2.45) is 5.92 Å². The minimum Gasteiger partial charge on any atom is -0.490 e. The summed E-state index contributed by atoms with van der Waals surface area (Å²) < 4.78 is 45.9. The number of ether oxygens (including phenoxy) is 2. The lowest BCUT2D eigenvalue weighted by Gasteiger charge is -2.35. The summed E-state index contributed by atoms with van der Waals surface area (Å²) in [6, 6.07) is 3.87. The van der Waals surface area contributed by atoms with Crippen LogP contribution in [-0.4, -0.2) is 97.5 Å². The fourth-order valence-electron chi connectivity index (χ4n) is 5.24. The number of aliphatic hydroxyl groups is 1. The number of aliphatic hydroxyl groups excluding tert-OH is 1. The van der Waals surface area contributed by atoms with Crippen molar-refractivity contribution in [2.75, 3.05) is 38.7 Å². The molecule has 0 radical (unpaired) electrons. The van der Waals surface area contributed by atoms with Crippen LogP contribution in [0.3, 0.4) is 0 Å². The monoisotopic (exact) mass is 651 g/mol. The molecule has 1 aliphatic heterocycles. The van der Waals surface area contributed by atoms with E-state index in [1.807, 2.05) is 27.7 Å². The van der Waals surface area contributed by atoms with Gasteiger partial charge in [0.25, 0.3) is 5.91 Å². The van der Waals surface area contributed by atoms with Gasteiger partial charge in [-0.05, 0) is 79.0 Å². The van der Waals surface area contributed by atoms with E-state index < -0.39 is 34.1 Å². The normalized spacial score (nSPS) is 21.2. The lowest BCUT2D eigenvalue weighted by Crippen LogP contribution is -2.48. The third-order valence-electron chi connectivity index (χ3n) is 7.80. The van der Waals surface area contributed by atoms with Crippen LogP contribution in [0.25, 0.3) is 0 Å². The minimum absolute atomic E-state index is 0.0260. The molecule has 1 aliphatic rings. The molecule has 13 nitrogen and oxygen atoms in total. The fraction of sp³-hybridized carbons (Fsp3) is 0.645. The number of sulfonamides is 1. The van der Waals surface area contributed by atoms with Crippen molar-refractivity contribution in [2.45, 2.75) is 96.9 Å². The van der Waals surface area contributed by atoms with Crippen LogP contribution in [0.4, 0.5) is 10.5 Å². The lowest BCUT2D eigenvalue weighted by atomic mass is 10.0. The standard InChI is InChI=1S/C31H49N5O8S/c1-19(2)32-31(39)33-25-12-13-27-26(15-25)30(38)36(21(4)18-37)16-20(3)28(42-14-10-9-11-22(5)43-27)17-35(8)45(40,41)29-23(6)34-44-24(29)7/h12-13,15,19-22,28,37H,9-11,14,16-18H2,1-8H3,(H2,32,33,39)/t20-,21+,22-,28-/m1/s1. The molecule has 3 amide bonds. The smallest absolute Gasteiger partial charge is 0.319 e. The Morgan fingerprint density at radius 2 is 1.91 bits per heavy atom. The molecule has 3 rings (SSSR count). The van der Waals surface area contributed by atoms with E-state index in [4.69, 9.17) is 14.0 Å². The molecule has 1 aromatic heterocycles. The summed E-state index contributed by atoms with van der Waals surface area (Å²) in [7, 11) is -2.45. The van der Waals surface area contributed by atoms with Crippen LogP contribution in [0, 0.1) is 19.8 Å². The molecule has 0 saturated carbocycles. The number of likely N-dealkylation sites (N-methyl/N-ethyl adjacent to an activating group) is 1. The van der Waals surface area contributed by atoms with Crippen molar-refractivity contribution in [1.82, 2.24) is 19.7 Å². The van der Waals surface area contributed by atoms with Gasteiger partial charge in [0, 0.05) is 44.4 Å². The van der Waals surface area contributed by atoms with Crippen molar-refractivity contribution >= 4 is 27.6 Å². The predicted octanol–water partition coefficient (Wildman–Crippen LogP) is 3.94. The first-order valence-electron chi connectivity index (χ1n) is 15.5. The van der Waals surface area contributed by atoms with E-state index in [2.05, 4.69) is 15.8 Å². The third-order valence-corrected chi connectivity index (χ3v) is 9.87. The Labute approximate surface area is 266 Å². The molecule has 4 atom stereocenters. The van der Waals surface area contributed by atoms with Crippen LogP contribution >= 0.6 is 0 Å². The van der Waals surface area contributed by atoms with Gasteiger partial charge in [0.1, 0.15) is 16.3 Å². The summed E-state index contributed by atoms with van der Waals surface area (Å²) in [5.41, 5.74) is 0.928. The summed E-state index contributed by atoms with van der Waals surface area (Å²) >= 11 is 0. The Morgan fingerprint density at radius 3 is 2.53 bits per heavy atom. The fourth-order valence-corrected chi connectivity index (χ4v) is 6.71. The maximum absolute atomic E-state index is 14.2.